The topological polar surface area (TPSA) is 92.1 Å². The molecule has 0 saturated carbocycles. The molecular weight excluding hydrogens is 246 g/mol. The van der Waals surface area contributed by atoms with Crippen molar-refractivity contribution in [2.45, 2.75) is 39.8 Å². The monoisotopic (exact) mass is 269 g/mol. The summed E-state index contributed by atoms with van der Waals surface area (Å²) in [7, 11) is 0. The first-order valence-electron chi connectivity index (χ1n) is 6.60. The molecule has 2 amide bonds. The van der Waals surface area contributed by atoms with Crippen LogP contribution in [0.4, 0.5) is 4.79 Å². The molecule has 1 heterocycles. The Kier molecular flexibility index (Phi) is 6.27. The average molecular weight is 269 g/mol. The minimum atomic E-state index is -0.223. The first-order valence-corrected chi connectivity index (χ1v) is 6.60. The molecule has 0 spiro atoms. The minimum Gasteiger partial charge on any atom is -0.396 e. The van der Waals surface area contributed by atoms with Gasteiger partial charge in [0.05, 0.1) is 0 Å². The molecule has 0 fully saturated rings. The summed E-state index contributed by atoms with van der Waals surface area (Å²) < 4.78 is 1.92. The van der Waals surface area contributed by atoms with Gasteiger partial charge in [0.15, 0.2) is 0 Å². The van der Waals surface area contributed by atoms with Crippen molar-refractivity contribution < 1.29 is 9.90 Å². The Morgan fingerprint density at radius 1 is 1.53 bits per heavy atom. The van der Waals surface area contributed by atoms with E-state index < -0.39 is 0 Å². The zero-order valence-corrected chi connectivity index (χ0v) is 11.8. The van der Waals surface area contributed by atoms with E-state index in [-0.39, 0.29) is 24.6 Å². The van der Waals surface area contributed by atoms with Crippen molar-refractivity contribution in [3.8, 4) is 0 Å². The van der Waals surface area contributed by atoms with E-state index in [1.807, 2.05) is 25.3 Å². The van der Waals surface area contributed by atoms with Gasteiger partial charge in [-0.1, -0.05) is 13.8 Å². The fourth-order valence-corrected chi connectivity index (χ4v) is 1.59. The third-order valence-corrected chi connectivity index (χ3v) is 3.15. The SMILES string of the molecule is CCc1nncn1CCNC(=O)NC(C)C(C)CO. The molecule has 0 bridgehead atoms. The summed E-state index contributed by atoms with van der Waals surface area (Å²) >= 11 is 0. The maximum atomic E-state index is 11.6. The number of rotatable bonds is 7. The second-order valence-corrected chi connectivity index (χ2v) is 4.64. The lowest BCUT2D eigenvalue weighted by atomic mass is 10.1. The summed E-state index contributed by atoms with van der Waals surface area (Å²) in [5.74, 6) is 0.944. The minimum absolute atomic E-state index is 0.0373. The summed E-state index contributed by atoms with van der Waals surface area (Å²) in [5, 5.41) is 22.4. The van der Waals surface area contributed by atoms with Crippen molar-refractivity contribution in [1.82, 2.24) is 25.4 Å². The van der Waals surface area contributed by atoms with Crippen molar-refractivity contribution in [3.63, 3.8) is 0 Å². The maximum absolute atomic E-state index is 11.6. The van der Waals surface area contributed by atoms with E-state index in [1.165, 1.54) is 0 Å². The largest absolute Gasteiger partial charge is 0.396 e. The van der Waals surface area contributed by atoms with Gasteiger partial charge in [0, 0.05) is 32.2 Å². The van der Waals surface area contributed by atoms with Gasteiger partial charge < -0.3 is 20.3 Å². The van der Waals surface area contributed by atoms with Crippen molar-refractivity contribution in [2.24, 2.45) is 5.92 Å². The highest BCUT2D eigenvalue weighted by molar-refractivity contribution is 5.74. The highest BCUT2D eigenvalue weighted by Gasteiger charge is 2.13. The van der Waals surface area contributed by atoms with Crippen molar-refractivity contribution in [2.75, 3.05) is 13.2 Å². The summed E-state index contributed by atoms with van der Waals surface area (Å²) in [4.78, 5) is 11.6. The van der Waals surface area contributed by atoms with E-state index in [2.05, 4.69) is 20.8 Å². The van der Waals surface area contributed by atoms with Gasteiger partial charge in [-0.15, -0.1) is 10.2 Å². The second-order valence-electron chi connectivity index (χ2n) is 4.64. The molecule has 0 saturated heterocycles. The Labute approximate surface area is 113 Å². The summed E-state index contributed by atoms with van der Waals surface area (Å²) in [6, 6.07) is -0.287. The van der Waals surface area contributed by atoms with Crippen LogP contribution in [-0.2, 0) is 13.0 Å². The number of aliphatic hydroxyl groups excluding tert-OH is 1. The van der Waals surface area contributed by atoms with Crippen LogP contribution in [0.15, 0.2) is 6.33 Å². The average Bonchev–Trinajstić information content (AvgIpc) is 2.85. The number of nitrogens with zero attached hydrogens (tertiary/aromatic N) is 3. The number of carbonyl (C=O) groups excluding carboxylic acids is 1. The predicted molar refractivity (Wildman–Crippen MR) is 71.6 cm³/mol. The normalized spacial score (nSPS) is 13.9. The van der Waals surface area contributed by atoms with Crippen LogP contribution < -0.4 is 10.6 Å². The van der Waals surface area contributed by atoms with E-state index in [4.69, 9.17) is 5.11 Å². The van der Waals surface area contributed by atoms with Gasteiger partial charge in [-0.05, 0) is 12.8 Å². The van der Waals surface area contributed by atoms with Gasteiger partial charge in [0.25, 0.3) is 0 Å². The van der Waals surface area contributed by atoms with E-state index in [9.17, 15) is 4.79 Å². The second kappa shape index (κ2) is 7.73. The number of nitrogens with one attached hydrogen (secondary N) is 2. The van der Waals surface area contributed by atoms with Gasteiger partial charge in [0.2, 0.25) is 0 Å². The number of aromatic nitrogens is 3. The van der Waals surface area contributed by atoms with Gasteiger partial charge in [-0.25, -0.2) is 4.79 Å². The van der Waals surface area contributed by atoms with Crippen LogP contribution in [-0.4, -0.2) is 45.1 Å². The van der Waals surface area contributed by atoms with E-state index in [0.717, 1.165) is 12.2 Å². The lowest BCUT2D eigenvalue weighted by Crippen LogP contribution is -2.45. The molecule has 1 rings (SSSR count). The Morgan fingerprint density at radius 2 is 2.26 bits per heavy atom. The van der Waals surface area contributed by atoms with Gasteiger partial charge in [-0.2, -0.15) is 0 Å². The number of aliphatic hydroxyl groups is 1. The lowest BCUT2D eigenvalue weighted by molar-refractivity contribution is 0.200. The Hall–Kier alpha value is -1.63. The molecule has 0 radical (unpaired) electrons. The molecule has 1 aromatic rings. The number of urea groups is 1. The molecule has 7 heteroatoms. The van der Waals surface area contributed by atoms with Gasteiger partial charge in [0.1, 0.15) is 12.2 Å². The highest BCUT2D eigenvalue weighted by Crippen LogP contribution is 2.00. The van der Waals surface area contributed by atoms with E-state index >= 15 is 0 Å². The molecule has 0 aliphatic rings. The third kappa shape index (κ3) is 4.86. The molecule has 108 valence electrons. The number of hydrogen-bond donors (Lipinski definition) is 3. The van der Waals surface area contributed by atoms with Crippen LogP contribution in [0.5, 0.6) is 0 Å². The highest BCUT2D eigenvalue weighted by atomic mass is 16.3. The molecule has 19 heavy (non-hydrogen) atoms. The van der Waals surface area contributed by atoms with Gasteiger partial charge in [-0.3, -0.25) is 0 Å². The van der Waals surface area contributed by atoms with E-state index in [0.29, 0.717) is 13.1 Å². The number of amides is 2. The standard InChI is InChI=1S/C12H23N5O2/c1-4-11-16-14-8-17(11)6-5-13-12(19)15-10(3)9(2)7-18/h8-10,18H,4-7H2,1-3H3,(H2,13,15,19). The molecule has 2 atom stereocenters. The van der Waals surface area contributed by atoms with Crippen LogP contribution in [0, 0.1) is 5.92 Å². The first kappa shape index (κ1) is 15.4. The molecular formula is C12H23N5O2. The zero-order chi connectivity index (χ0) is 14.3. The first-order chi connectivity index (χ1) is 9.08. The number of aryl methyl sites for hydroxylation is 1. The fraction of sp³-hybridized carbons (Fsp3) is 0.750. The van der Waals surface area contributed by atoms with Crippen LogP contribution >= 0.6 is 0 Å². The predicted octanol–water partition coefficient (Wildman–Crippen LogP) is 0.157. The molecule has 2 unspecified atom stereocenters. The van der Waals surface area contributed by atoms with Crippen LogP contribution in [0.25, 0.3) is 0 Å². The van der Waals surface area contributed by atoms with Gasteiger partial charge >= 0.3 is 6.03 Å². The summed E-state index contributed by atoms with van der Waals surface area (Å²) in [6.45, 7) is 6.98. The Morgan fingerprint density at radius 3 is 2.89 bits per heavy atom. The summed E-state index contributed by atoms with van der Waals surface area (Å²) in [5.41, 5.74) is 0. The van der Waals surface area contributed by atoms with Crippen LogP contribution in [0.1, 0.15) is 26.6 Å². The summed E-state index contributed by atoms with van der Waals surface area (Å²) in [6.07, 6.45) is 2.48. The smallest absolute Gasteiger partial charge is 0.315 e. The molecule has 1 aromatic heterocycles. The van der Waals surface area contributed by atoms with Crippen molar-refractivity contribution >= 4 is 6.03 Å². The molecule has 0 aliphatic heterocycles. The fourth-order valence-electron chi connectivity index (χ4n) is 1.59. The maximum Gasteiger partial charge on any atom is 0.315 e. The molecule has 0 aromatic carbocycles. The zero-order valence-electron chi connectivity index (χ0n) is 11.8. The Bertz CT molecular complexity index is 393. The number of hydrogen-bond acceptors (Lipinski definition) is 4. The number of carbonyl (C=O) groups is 1. The van der Waals surface area contributed by atoms with Crippen LogP contribution in [0.3, 0.4) is 0 Å². The lowest BCUT2D eigenvalue weighted by Gasteiger charge is -2.19. The Balaban J connectivity index is 2.27. The quantitative estimate of drug-likeness (QED) is 0.657. The van der Waals surface area contributed by atoms with Crippen molar-refractivity contribution in [3.05, 3.63) is 12.2 Å². The molecule has 7 nitrogen and oxygen atoms in total. The van der Waals surface area contributed by atoms with Crippen LogP contribution in [0.2, 0.25) is 0 Å². The van der Waals surface area contributed by atoms with E-state index in [1.54, 1.807) is 6.33 Å². The van der Waals surface area contributed by atoms with Crippen molar-refractivity contribution in [1.29, 1.82) is 0 Å². The molecule has 3 N–H and O–H groups in total. The molecule has 0 aliphatic carbocycles. The third-order valence-electron chi connectivity index (χ3n) is 3.15.